The van der Waals surface area contributed by atoms with Crippen molar-refractivity contribution in [2.75, 3.05) is 12.4 Å². The van der Waals surface area contributed by atoms with Gasteiger partial charge in [-0.25, -0.2) is 0 Å². The monoisotopic (exact) mass is 374 g/mol. The predicted molar refractivity (Wildman–Crippen MR) is 103 cm³/mol. The topological polar surface area (TPSA) is 63.5 Å². The predicted octanol–water partition coefficient (Wildman–Crippen LogP) is 4.53. The number of para-hydroxylation sites is 1. The third-order valence-corrected chi connectivity index (χ3v) is 4.19. The zero-order valence-corrected chi connectivity index (χ0v) is 15.1. The summed E-state index contributed by atoms with van der Waals surface area (Å²) >= 11 is 11.3. The zero-order chi connectivity index (χ0) is 18.0. The van der Waals surface area contributed by atoms with Crippen molar-refractivity contribution in [3.63, 3.8) is 0 Å². The Balaban J connectivity index is 1.72. The summed E-state index contributed by atoms with van der Waals surface area (Å²) in [5.41, 5.74) is 2.06. The standard InChI is InChI=1S/C18H15ClN2O3S/c1-10-12-5-3-4-6-14(12)24-16(10)17(22)21-18(25)20-11-7-8-15(23-2)13(19)9-11/h3-9H,1-2H3,(H2,20,21,22,25). The lowest BCUT2D eigenvalue weighted by Gasteiger charge is -2.10. The van der Waals surface area contributed by atoms with Gasteiger partial charge in [0.05, 0.1) is 12.1 Å². The van der Waals surface area contributed by atoms with Gasteiger partial charge >= 0.3 is 0 Å². The lowest BCUT2D eigenvalue weighted by Crippen LogP contribution is -2.34. The van der Waals surface area contributed by atoms with Crippen LogP contribution in [0.1, 0.15) is 16.1 Å². The van der Waals surface area contributed by atoms with E-state index in [1.54, 1.807) is 18.2 Å². The van der Waals surface area contributed by atoms with Crippen molar-refractivity contribution in [1.29, 1.82) is 0 Å². The highest BCUT2D eigenvalue weighted by atomic mass is 35.5. The minimum atomic E-state index is -0.411. The molecule has 3 rings (SSSR count). The Labute approximate surface area is 154 Å². The average molecular weight is 375 g/mol. The third kappa shape index (κ3) is 3.60. The second-order valence-electron chi connectivity index (χ2n) is 5.31. The first kappa shape index (κ1) is 17.3. The lowest BCUT2D eigenvalue weighted by molar-refractivity contribution is 0.0952. The summed E-state index contributed by atoms with van der Waals surface area (Å²) in [4.78, 5) is 12.4. The number of halogens is 1. The quantitative estimate of drug-likeness (QED) is 0.659. The molecule has 0 fully saturated rings. The summed E-state index contributed by atoms with van der Waals surface area (Å²) in [6, 6.07) is 12.6. The zero-order valence-electron chi connectivity index (χ0n) is 13.6. The first-order chi connectivity index (χ1) is 12.0. The van der Waals surface area contributed by atoms with E-state index < -0.39 is 5.91 Å². The fraction of sp³-hybridized carbons (Fsp3) is 0.111. The number of methoxy groups -OCH3 is 1. The van der Waals surface area contributed by atoms with Crippen LogP contribution in [0.4, 0.5) is 5.69 Å². The largest absolute Gasteiger partial charge is 0.495 e. The van der Waals surface area contributed by atoms with E-state index in [1.807, 2.05) is 31.2 Å². The van der Waals surface area contributed by atoms with Crippen LogP contribution >= 0.6 is 23.8 Å². The molecule has 2 N–H and O–H groups in total. The molecule has 1 aromatic heterocycles. The van der Waals surface area contributed by atoms with E-state index in [9.17, 15) is 4.79 Å². The third-order valence-electron chi connectivity index (χ3n) is 3.69. The highest BCUT2D eigenvalue weighted by molar-refractivity contribution is 7.80. The molecular formula is C18H15ClN2O3S. The second kappa shape index (κ2) is 7.13. The van der Waals surface area contributed by atoms with Crippen LogP contribution in [0.2, 0.25) is 5.02 Å². The Morgan fingerprint density at radius 1 is 1.24 bits per heavy atom. The van der Waals surface area contributed by atoms with E-state index in [1.165, 1.54) is 7.11 Å². The number of anilines is 1. The number of furan rings is 1. The number of hydrogen-bond acceptors (Lipinski definition) is 4. The van der Waals surface area contributed by atoms with Crippen LogP contribution in [-0.2, 0) is 0 Å². The molecule has 0 atom stereocenters. The van der Waals surface area contributed by atoms with Crippen LogP contribution in [0.5, 0.6) is 5.75 Å². The molecule has 3 aromatic rings. The number of amides is 1. The van der Waals surface area contributed by atoms with Crippen molar-refractivity contribution >= 4 is 51.5 Å². The van der Waals surface area contributed by atoms with Gasteiger partial charge in [0.15, 0.2) is 10.9 Å². The minimum absolute atomic E-state index is 0.145. The Bertz CT molecular complexity index is 968. The van der Waals surface area contributed by atoms with Crippen molar-refractivity contribution in [2.45, 2.75) is 6.92 Å². The molecule has 0 saturated heterocycles. The highest BCUT2D eigenvalue weighted by Gasteiger charge is 2.18. The van der Waals surface area contributed by atoms with Gasteiger partial charge in [0.2, 0.25) is 0 Å². The van der Waals surface area contributed by atoms with Crippen LogP contribution in [0.25, 0.3) is 11.0 Å². The molecule has 5 nitrogen and oxygen atoms in total. The summed E-state index contributed by atoms with van der Waals surface area (Å²) in [6.07, 6.45) is 0. The normalized spacial score (nSPS) is 10.5. The van der Waals surface area contributed by atoms with Crippen molar-refractivity contribution in [1.82, 2.24) is 5.32 Å². The Morgan fingerprint density at radius 3 is 2.68 bits per heavy atom. The number of ether oxygens (including phenoxy) is 1. The molecule has 1 amide bonds. The maximum atomic E-state index is 12.4. The van der Waals surface area contributed by atoms with Crippen molar-refractivity contribution < 1.29 is 13.9 Å². The molecule has 0 radical (unpaired) electrons. The molecule has 25 heavy (non-hydrogen) atoms. The summed E-state index contributed by atoms with van der Waals surface area (Å²) in [5, 5.41) is 6.99. The summed E-state index contributed by atoms with van der Waals surface area (Å²) in [5.74, 6) is 0.379. The SMILES string of the molecule is COc1ccc(NC(=S)NC(=O)c2oc3ccccc3c2C)cc1Cl. The van der Waals surface area contributed by atoms with E-state index in [2.05, 4.69) is 10.6 Å². The fourth-order valence-electron chi connectivity index (χ4n) is 2.46. The molecule has 128 valence electrons. The second-order valence-corrected chi connectivity index (χ2v) is 6.13. The molecule has 0 aliphatic carbocycles. The van der Waals surface area contributed by atoms with Gasteiger partial charge in [0.1, 0.15) is 11.3 Å². The van der Waals surface area contributed by atoms with E-state index in [4.69, 9.17) is 33.0 Å². The summed E-state index contributed by atoms with van der Waals surface area (Å²) in [7, 11) is 1.54. The van der Waals surface area contributed by atoms with Crippen molar-refractivity contribution in [2.24, 2.45) is 0 Å². The molecule has 0 unspecified atom stereocenters. The van der Waals surface area contributed by atoms with Gasteiger partial charge in [-0.1, -0.05) is 29.8 Å². The molecular weight excluding hydrogens is 360 g/mol. The number of carbonyl (C=O) groups excluding carboxylic acids is 1. The van der Waals surface area contributed by atoms with E-state index in [0.717, 1.165) is 10.9 Å². The van der Waals surface area contributed by atoms with Gasteiger partial charge < -0.3 is 14.5 Å². The molecule has 0 aliphatic rings. The summed E-state index contributed by atoms with van der Waals surface area (Å²) < 4.78 is 10.7. The lowest BCUT2D eigenvalue weighted by atomic mass is 10.1. The molecule has 2 aromatic carbocycles. The van der Waals surface area contributed by atoms with Crippen LogP contribution in [0.3, 0.4) is 0 Å². The first-order valence-electron chi connectivity index (χ1n) is 7.43. The van der Waals surface area contributed by atoms with Crippen molar-refractivity contribution in [3.05, 3.63) is 58.8 Å². The number of fused-ring (bicyclic) bond motifs is 1. The number of thiocarbonyl (C=S) groups is 1. The maximum absolute atomic E-state index is 12.4. The molecule has 0 aliphatic heterocycles. The summed E-state index contributed by atoms with van der Waals surface area (Å²) in [6.45, 7) is 1.83. The molecule has 7 heteroatoms. The van der Waals surface area contributed by atoms with Crippen LogP contribution < -0.4 is 15.4 Å². The van der Waals surface area contributed by atoms with Gasteiger partial charge in [0, 0.05) is 16.6 Å². The van der Waals surface area contributed by atoms with Gasteiger partial charge in [-0.05, 0) is 43.4 Å². The smallest absolute Gasteiger partial charge is 0.293 e. The molecule has 0 saturated carbocycles. The van der Waals surface area contributed by atoms with Crippen LogP contribution in [0, 0.1) is 6.92 Å². The molecule has 0 bridgehead atoms. The number of carbonyl (C=O) groups is 1. The Kier molecular flexibility index (Phi) is 4.92. The van der Waals surface area contributed by atoms with Gasteiger partial charge in [0.25, 0.3) is 5.91 Å². The number of hydrogen-bond donors (Lipinski definition) is 2. The number of nitrogens with one attached hydrogen (secondary N) is 2. The Morgan fingerprint density at radius 2 is 2.00 bits per heavy atom. The van der Waals surface area contributed by atoms with Gasteiger partial charge in [-0.3, -0.25) is 10.1 Å². The van der Waals surface area contributed by atoms with E-state index >= 15 is 0 Å². The van der Waals surface area contributed by atoms with E-state index in [-0.39, 0.29) is 10.9 Å². The molecule has 1 heterocycles. The average Bonchev–Trinajstić information content (AvgIpc) is 2.92. The van der Waals surface area contributed by atoms with Crippen molar-refractivity contribution in [3.8, 4) is 5.75 Å². The number of rotatable bonds is 3. The maximum Gasteiger partial charge on any atom is 0.293 e. The van der Waals surface area contributed by atoms with Crippen LogP contribution in [-0.4, -0.2) is 18.1 Å². The van der Waals surface area contributed by atoms with Gasteiger partial charge in [-0.15, -0.1) is 0 Å². The minimum Gasteiger partial charge on any atom is -0.495 e. The first-order valence-corrected chi connectivity index (χ1v) is 8.22. The fourth-order valence-corrected chi connectivity index (χ4v) is 2.93. The van der Waals surface area contributed by atoms with Gasteiger partial charge in [-0.2, -0.15) is 0 Å². The van der Waals surface area contributed by atoms with E-state index in [0.29, 0.717) is 22.0 Å². The Hall–Kier alpha value is -2.57. The highest BCUT2D eigenvalue weighted by Crippen LogP contribution is 2.27. The number of benzene rings is 2. The number of aryl methyl sites for hydroxylation is 1. The van der Waals surface area contributed by atoms with Crippen LogP contribution in [0.15, 0.2) is 46.9 Å². The molecule has 0 spiro atoms.